The standard InChI is InChI=1S/C14H16Cl2N2O/c15-12-3-1-2-9(13(12)16)10-6-11(10)14(19)18-8-4-5-17-7-8/h1-3,8,10-11,17H,4-7H2,(H,18,19). The lowest BCUT2D eigenvalue weighted by molar-refractivity contribution is -0.123. The van der Waals surface area contributed by atoms with Crippen LogP contribution in [0.2, 0.25) is 10.0 Å². The van der Waals surface area contributed by atoms with Crippen molar-refractivity contribution in [3.63, 3.8) is 0 Å². The van der Waals surface area contributed by atoms with Crippen LogP contribution in [0.5, 0.6) is 0 Å². The molecule has 1 aromatic carbocycles. The quantitative estimate of drug-likeness (QED) is 0.900. The monoisotopic (exact) mass is 298 g/mol. The molecule has 2 fully saturated rings. The predicted molar refractivity (Wildman–Crippen MR) is 76.7 cm³/mol. The van der Waals surface area contributed by atoms with Gasteiger partial charge < -0.3 is 10.6 Å². The van der Waals surface area contributed by atoms with Crippen LogP contribution in [-0.2, 0) is 4.79 Å². The summed E-state index contributed by atoms with van der Waals surface area (Å²) >= 11 is 12.2. The summed E-state index contributed by atoms with van der Waals surface area (Å²) in [5, 5.41) is 7.49. The lowest BCUT2D eigenvalue weighted by atomic mass is 10.1. The highest BCUT2D eigenvalue weighted by molar-refractivity contribution is 6.42. The number of amides is 1. The molecule has 3 rings (SSSR count). The Hall–Kier alpha value is -0.770. The Labute approximate surface area is 122 Å². The lowest BCUT2D eigenvalue weighted by Crippen LogP contribution is -2.37. The highest BCUT2D eigenvalue weighted by Gasteiger charge is 2.45. The second-order valence-corrected chi connectivity index (χ2v) is 6.08. The van der Waals surface area contributed by atoms with Gasteiger partial charge in [0.2, 0.25) is 5.91 Å². The van der Waals surface area contributed by atoms with Gasteiger partial charge in [-0.25, -0.2) is 0 Å². The highest BCUT2D eigenvalue weighted by Crippen LogP contribution is 2.50. The molecule has 1 saturated heterocycles. The highest BCUT2D eigenvalue weighted by atomic mass is 35.5. The molecule has 2 N–H and O–H groups in total. The molecule has 3 atom stereocenters. The molecule has 0 bridgehead atoms. The van der Waals surface area contributed by atoms with Gasteiger partial charge in [-0.1, -0.05) is 35.3 Å². The van der Waals surface area contributed by atoms with E-state index in [4.69, 9.17) is 23.2 Å². The van der Waals surface area contributed by atoms with Crippen molar-refractivity contribution in [3.05, 3.63) is 33.8 Å². The van der Waals surface area contributed by atoms with Gasteiger partial charge in [-0.2, -0.15) is 0 Å². The minimum atomic E-state index is 0.0524. The molecule has 1 heterocycles. The van der Waals surface area contributed by atoms with Crippen molar-refractivity contribution in [1.82, 2.24) is 10.6 Å². The number of rotatable bonds is 3. The van der Waals surface area contributed by atoms with Crippen molar-refractivity contribution in [2.75, 3.05) is 13.1 Å². The van der Waals surface area contributed by atoms with Gasteiger partial charge in [-0.3, -0.25) is 4.79 Å². The molecule has 102 valence electrons. The van der Waals surface area contributed by atoms with Crippen molar-refractivity contribution in [2.24, 2.45) is 5.92 Å². The van der Waals surface area contributed by atoms with E-state index in [0.717, 1.165) is 31.5 Å². The summed E-state index contributed by atoms with van der Waals surface area (Å²) in [7, 11) is 0. The fourth-order valence-electron chi connectivity index (χ4n) is 2.72. The molecular formula is C14H16Cl2N2O. The minimum Gasteiger partial charge on any atom is -0.352 e. The molecule has 2 aliphatic rings. The van der Waals surface area contributed by atoms with Crippen molar-refractivity contribution in [2.45, 2.75) is 24.8 Å². The number of benzene rings is 1. The van der Waals surface area contributed by atoms with Crippen molar-refractivity contribution in [1.29, 1.82) is 0 Å². The third kappa shape index (κ3) is 2.73. The zero-order valence-electron chi connectivity index (χ0n) is 10.5. The average Bonchev–Trinajstić information content (AvgIpc) is 3.03. The fourth-order valence-corrected chi connectivity index (χ4v) is 3.17. The number of hydrogen-bond acceptors (Lipinski definition) is 2. The van der Waals surface area contributed by atoms with Crippen LogP contribution in [-0.4, -0.2) is 25.0 Å². The molecular weight excluding hydrogens is 283 g/mol. The molecule has 0 aromatic heterocycles. The second kappa shape index (κ2) is 5.31. The Morgan fingerprint density at radius 3 is 2.95 bits per heavy atom. The summed E-state index contributed by atoms with van der Waals surface area (Å²) < 4.78 is 0. The van der Waals surface area contributed by atoms with Crippen LogP contribution in [0, 0.1) is 5.92 Å². The zero-order chi connectivity index (χ0) is 13.4. The summed E-state index contributed by atoms with van der Waals surface area (Å²) in [6, 6.07) is 5.90. The van der Waals surface area contributed by atoms with E-state index in [1.165, 1.54) is 0 Å². The SMILES string of the molecule is O=C(NC1CCNC1)C1CC1c1cccc(Cl)c1Cl. The topological polar surface area (TPSA) is 41.1 Å². The first kappa shape index (κ1) is 13.2. The Morgan fingerprint density at radius 2 is 2.21 bits per heavy atom. The molecule has 0 radical (unpaired) electrons. The molecule has 1 saturated carbocycles. The smallest absolute Gasteiger partial charge is 0.224 e. The summed E-state index contributed by atoms with van der Waals surface area (Å²) in [6.07, 6.45) is 1.88. The first-order chi connectivity index (χ1) is 9.16. The first-order valence-corrected chi connectivity index (χ1v) is 7.37. The van der Waals surface area contributed by atoms with Gasteiger partial charge in [0.1, 0.15) is 0 Å². The van der Waals surface area contributed by atoms with Crippen LogP contribution in [0.25, 0.3) is 0 Å². The van der Waals surface area contributed by atoms with Gasteiger partial charge in [-0.15, -0.1) is 0 Å². The van der Waals surface area contributed by atoms with E-state index in [9.17, 15) is 4.79 Å². The van der Waals surface area contributed by atoms with Crippen LogP contribution >= 0.6 is 23.2 Å². The van der Waals surface area contributed by atoms with Crippen LogP contribution < -0.4 is 10.6 Å². The Balaban J connectivity index is 1.63. The third-order valence-corrected chi connectivity index (χ3v) is 4.75. The third-order valence-electron chi connectivity index (χ3n) is 3.91. The van der Waals surface area contributed by atoms with E-state index in [0.29, 0.717) is 10.0 Å². The Kier molecular flexibility index (Phi) is 3.70. The van der Waals surface area contributed by atoms with Crippen molar-refractivity contribution < 1.29 is 4.79 Å². The molecule has 3 nitrogen and oxygen atoms in total. The van der Waals surface area contributed by atoms with E-state index in [-0.39, 0.29) is 23.8 Å². The predicted octanol–water partition coefficient (Wildman–Crippen LogP) is 2.58. The summed E-state index contributed by atoms with van der Waals surface area (Å²) in [6.45, 7) is 1.86. The first-order valence-electron chi connectivity index (χ1n) is 6.62. The van der Waals surface area contributed by atoms with Gasteiger partial charge >= 0.3 is 0 Å². The minimum absolute atomic E-state index is 0.0524. The number of carbonyl (C=O) groups excluding carboxylic acids is 1. The number of hydrogen-bond donors (Lipinski definition) is 2. The van der Waals surface area contributed by atoms with Crippen LogP contribution in [0.15, 0.2) is 18.2 Å². The van der Waals surface area contributed by atoms with E-state index in [1.54, 1.807) is 6.07 Å². The average molecular weight is 299 g/mol. The fraction of sp³-hybridized carbons (Fsp3) is 0.500. The number of carbonyl (C=O) groups is 1. The molecule has 1 amide bonds. The van der Waals surface area contributed by atoms with Gasteiger partial charge in [0.05, 0.1) is 10.0 Å². The summed E-state index contributed by atoms with van der Waals surface area (Å²) in [4.78, 5) is 12.1. The van der Waals surface area contributed by atoms with E-state index in [1.807, 2.05) is 12.1 Å². The number of halogens is 2. The molecule has 5 heteroatoms. The maximum Gasteiger partial charge on any atom is 0.224 e. The Morgan fingerprint density at radius 1 is 1.37 bits per heavy atom. The van der Waals surface area contributed by atoms with E-state index >= 15 is 0 Å². The van der Waals surface area contributed by atoms with E-state index in [2.05, 4.69) is 10.6 Å². The van der Waals surface area contributed by atoms with Crippen LogP contribution in [0.3, 0.4) is 0 Å². The van der Waals surface area contributed by atoms with Crippen molar-refractivity contribution >= 4 is 29.1 Å². The van der Waals surface area contributed by atoms with Crippen molar-refractivity contribution in [3.8, 4) is 0 Å². The normalized spacial score (nSPS) is 29.3. The maximum atomic E-state index is 12.1. The lowest BCUT2D eigenvalue weighted by Gasteiger charge is -2.11. The Bertz CT molecular complexity index is 500. The molecule has 0 spiro atoms. The van der Waals surface area contributed by atoms with Crippen LogP contribution in [0.4, 0.5) is 0 Å². The maximum absolute atomic E-state index is 12.1. The molecule has 1 aliphatic carbocycles. The van der Waals surface area contributed by atoms with Gasteiger partial charge in [0, 0.05) is 18.5 Å². The summed E-state index contributed by atoms with van der Waals surface area (Å²) in [5.41, 5.74) is 0.999. The molecule has 1 aliphatic heterocycles. The number of nitrogens with one attached hydrogen (secondary N) is 2. The van der Waals surface area contributed by atoms with Gasteiger partial charge in [0.25, 0.3) is 0 Å². The van der Waals surface area contributed by atoms with Crippen LogP contribution in [0.1, 0.15) is 24.3 Å². The molecule has 1 aromatic rings. The van der Waals surface area contributed by atoms with E-state index < -0.39 is 0 Å². The molecule has 3 unspecified atom stereocenters. The zero-order valence-corrected chi connectivity index (χ0v) is 12.0. The summed E-state index contributed by atoms with van der Waals surface area (Å²) in [5.74, 6) is 0.423. The van der Waals surface area contributed by atoms with Gasteiger partial charge in [-0.05, 0) is 36.9 Å². The molecule has 19 heavy (non-hydrogen) atoms. The van der Waals surface area contributed by atoms with Gasteiger partial charge in [0.15, 0.2) is 0 Å². The largest absolute Gasteiger partial charge is 0.352 e. The second-order valence-electron chi connectivity index (χ2n) is 5.29.